The molecule has 0 spiro atoms. The summed E-state index contributed by atoms with van der Waals surface area (Å²) in [5.41, 5.74) is 5.82. The van der Waals surface area contributed by atoms with Gasteiger partial charge >= 0.3 is 5.97 Å². The van der Waals surface area contributed by atoms with Crippen molar-refractivity contribution < 1.29 is 14.3 Å². The van der Waals surface area contributed by atoms with Gasteiger partial charge in [-0.3, -0.25) is 4.98 Å². The Bertz CT molecular complexity index is 1140. The van der Waals surface area contributed by atoms with Gasteiger partial charge < -0.3 is 24.3 Å². The third-order valence-corrected chi connectivity index (χ3v) is 6.42. The Balaban J connectivity index is 1.77. The van der Waals surface area contributed by atoms with E-state index in [1.54, 1.807) is 25.4 Å². The minimum atomic E-state index is -0.347. The van der Waals surface area contributed by atoms with Crippen LogP contribution in [0.3, 0.4) is 0 Å². The fourth-order valence-electron chi connectivity index (χ4n) is 4.52. The van der Waals surface area contributed by atoms with Crippen LogP contribution in [0.1, 0.15) is 45.1 Å². The maximum atomic E-state index is 11.8. The van der Waals surface area contributed by atoms with Crippen molar-refractivity contribution in [1.29, 1.82) is 0 Å². The molecular formula is C25H28N4O3S. The van der Waals surface area contributed by atoms with E-state index in [9.17, 15) is 4.79 Å². The van der Waals surface area contributed by atoms with Crippen molar-refractivity contribution in [1.82, 2.24) is 19.8 Å². The summed E-state index contributed by atoms with van der Waals surface area (Å²) in [5.74, 6) is -0.347. The first-order chi connectivity index (χ1) is 16.0. The Morgan fingerprint density at radius 3 is 2.55 bits per heavy atom. The summed E-state index contributed by atoms with van der Waals surface area (Å²) < 4.78 is 12.4. The van der Waals surface area contributed by atoms with Gasteiger partial charge in [0.15, 0.2) is 5.11 Å². The molecule has 0 unspecified atom stereocenters. The molecule has 0 bridgehead atoms. The van der Waals surface area contributed by atoms with Crippen LogP contribution < -0.4 is 5.32 Å². The molecule has 2 aromatic heterocycles. The number of hydrogen-bond donors (Lipinski definition) is 1. The fraction of sp³-hybridized carbons (Fsp3) is 0.320. The number of ether oxygens (including phenoxy) is 2. The van der Waals surface area contributed by atoms with E-state index in [0.29, 0.717) is 23.8 Å². The molecular weight excluding hydrogens is 436 g/mol. The smallest absolute Gasteiger partial charge is 0.337 e. The maximum absolute atomic E-state index is 11.8. The van der Waals surface area contributed by atoms with E-state index < -0.39 is 0 Å². The number of nitrogens with zero attached hydrogens (tertiary/aromatic N) is 3. The number of nitrogens with one attached hydrogen (secondary N) is 1. The van der Waals surface area contributed by atoms with Gasteiger partial charge in [-0.2, -0.15) is 0 Å². The lowest BCUT2D eigenvalue weighted by atomic mass is 9.97. The minimum absolute atomic E-state index is 0.0307. The molecule has 1 aromatic carbocycles. The average molecular weight is 465 g/mol. The zero-order valence-electron chi connectivity index (χ0n) is 19.2. The third-order valence-electron chi connectivity index (χ3n) is 6.07. The maximum Gasteiger partial charge on any atom is 0.337 e. The SMILES string of the molecule is COCCN1C(=S)N[C@H](c2ccccn2)[C@@H]1c1cc(C)n(-c2ccc(C(=O)OC)cc2)c1C. The average Bonchev–Trinajstić information content (AvgIpc) is 3.32. The second-order valence-corrected chi connectivity index (χ2v) is 8.40. The van der Waals surface area contributed by atoms with Crippen LogP contribution >= 0.6 is 12.2 Å². The van der Waals surface area contributed by atoms with Crippen LogP contribution in [0.5, 0.6) is 0 Å². The highest BCUT2D eigenvalue weighted by atomic mass is 32.1. The second-order valence-electron chi connectivity index (χ2n) is 8.01. The van der Waals surface area contributed by atoms with Gasteiger partial charge in [0.25, 0.3) is 0 Å². The molecule has 1 aliphatic heterocycles. The highest BCUT2D eigenvalue weighted by molar-refractivity contribution is 7.80. The first kappa shape index (κ1) is 22.9. The van der Waals surface area contributed by atoms with E-state index in [-0.39, 0.29) is 18.1 Å². The zero-order valence-corrected chi connectivity index (χ0v) is 20.1. The van der Waals surface area contributed by atoms with E-state index in [0.717, 1.165) is 22.8 Å². The number of esters is 1. The van der Waals surface area contributed by atoms with Crippen molar-refractivity contribution >= 4 is 23.3 Å². The predicted octanol–water partition coefficient (Wildman–Crippen LogP) is 3.89. The molecule has 1 N–H and O–H groups in total. The van der Waals surface area contributed by atoms with Crippen molar-refractivity contribution in [3.8, 4) is 5.69 Å². The van der Waals surface area contributed by atoms with Gasteiger partial charge in [-0.1, -0.05) is 6.07 Å². The lowest BCUT2D eigenvalue weighted by Gasteiger charge is -2.28. The number of thiocarbonyl (C=S) groups is 1. The lowest BCUT2D eigenvalue weighted by Crippen LogP contribution is -2.32. The van der Waals surface area contributed by atoms with Gasteiger partial charge in [-0.25, -0.2) is 4.79 Å². The highest BCUT2D eigenvalue weighted by Gasteiger charge is 2.41. The summed E-state index contributed by atoms with van der Waals surface area (Å²) in [4.78, 5) is 18.6. The van der Waals surface area contributed by atoms with Crippen LogP contribution in [0.15, 0.2) is 54.7 Å². The number of pyridine rings is 1. The standard InChI is InChI=1S/C25H28N4O3S/c1-16-15-20(17(2)29(16)19-10-8-18(9-11-19)24(30)32-4)23-22(21-7-5-6-12-26-21)27-25(33)28(23)13-14-31-3/h5-12,15,22-23H,13-14H2,1-4H3,(H,27,33)/t22-,23+/m1/s1. The van der Waals surface area contributed by atoms with Crippen molar-refractivity contribution in [2.75, 3.05) is 27.4 Å². The number of rotatable bonds is 7. The molecule has 0 amide bonds. The molecule has 1 saturated heterocycles. The molecule has 4 rings (SSSR count). The van der Waals surface area contributed by atoms with Crippen molar-refractivity contribution in [3.63, 3.8) is 0 Å². The third kappa shape index (κ3) is 4.36. The molecule has 8 heteroatoms. The van der Waals surface area contributed by atoms with Crippen molar-refractivity contribution in [2.45, 2.75) is 25.9 Å². The molecule has 172 valence electrons. The number of carbonyl (C=O) groups is 1. The Hall–Kier alpha value is -3.23. The Labute approximate surface area is 199 Å². The number of aromatic nitrogens is 2. The van der Waals surface area contributed by atoms with E-state index in [1.165, 1.54) is 12.7 Å². The molecule has 3 heterocycles. The molecule has 0 aliphatic carbocycles. The summed E-state index contributed by atoms with van der Waals surface area (Å²) in [7, 11) is 3.08. The van der Waals surface area contributed by atoms with Crippen LogP contribution in [0.2, 0.25) is 0 Å². The first-order valence-electron chi connectivity index (χ1n) is 10.8. The molecule has 0 saturated carbocycles. The number of hydrogen-bond acceptors (Lipinski definition) is 5. The van der Waals surface area contributed by atoms with Crippen molar-refractivity contribution in [3.05, 3.63) is 82.9 Å². The topological polar surface area (TPSA) is 68.6 Å². The van der Waals surface area contributed by atoms with E-state index in [4.69, 9.17) is 21.7 Å². The van der Waals surface area contributed by atoms with Gasteiger partial charge in [0, 0.05) is 36.9 Å². The van der Waals surface area contributed by atoms with Crippen LogP contribution in [0.4, 0.5) is 0 Å². The molecule has 1 fully saturated rings. The van der Waals surface area contributed by atoms with Crippen LogP contribution in [-0.4, -0.2) is 52.9 Å². The number of aryl methyl sites for hydroxylation is 1. The van der Waals surface area contributed by atoms with Gasteiger partial charge in [-0.15, -0.1) is 0 Å². The molecule has 7 nitrogen and oxygen atoms in total. The summed E-state index contributed by atoms with van der Waals surface area (Å²) in [6, 6.07) is 15.5. The zero-order chi connectivity index (χ0) is 23.5. The normalized spacial score (nSPS) is 17.8. The largest absolute Gasteiger partial charge is 0.465 e. The molecule has 33 heavy (non-hydrogen) atoms. The summed E-state index contributed by atoms with van der Waals surface area (Å²) in [6.07, 6.45) is 1.81. The molecule has 3 aromatic rings. The molecule has 1 aliphatic rings. The van der Waals surface area contributed by atoms with E-state index >= 15 is 0 Å². The van der Waals surface area contributed by atoms with Crippen LogP contribution in [0.25, 0.3) is 5.69 Å². The highest BCUT2D eigenvalue weighted by Crippen LogP contribution is 2.41. The van der Waals surface area contributed by atoms with E-state index in [2.05, 4.69) is 39.7 Å². The molecule has 0 radical (unpaired) electrons. The lowest BCUT2D eigenvalue weighted by molar-refractivity contribution is 0.0600. The Morgan fingerprint density at radius 1 is 1.15 bits per heavy atom. The van der Waals surface area contributed by atoms with Gasteiger partial charge in [0.1, 0.15) is 0 Å². The molecule has 2 atom stereocenters. The quantitative estimate of drug-likeness (QED) is 0.420. The van der Waals surface area contributed by atoms with Gasteiger partial charge in [0.05, 0.1) is 37.1 Å². The number of methoxy groups -OCH3 is 2. The van der Waals surface area contributed by atoms with Crippen molar-refractivity contribution in [2.24, 2.45) is 0 Å². The van der Waals surface area contributed by atoms with Gasteiger partial charge in [0.2, 0.25) is 0 Å². The minimum Gasteiger partial charge on any atom is -0.465 e. The monoisotopic (exact) mass is 464 g/mol. The first-order valence-corrected chi connectivity index (χ1v) is 11.2. The Kier molecular flexibility index (Phi) is 6.76. The fourth-order valence-corrected chi connectivity index (χ4v) is 4.86. The van der Waals surface area contributed by atoms with E-state index in [1.807, 2.05) is 30.3 Å². The summed E-state index contributed by atoms with van der Waals surface area (Å²) >= 11 is 5.72. The Morgan fingerprint density at radius 2 is 1.91 bits per heavy atom. The number of carbonyl (C=O) groups excluding carboxylic acids is 1. The van der Waals surface area contributed by atoms with Gasteiger partial charge in [-0.05, 0) is 74.1 Å². The van der Waals surface area contributed by atoms with Crippen LogP contribution in [0, 0.1) is 13.8 Å². The predicted molar refractivity (Wildman–Crippen MR) is 131 cm³/mol. The summed E-state index contributed by atoms with van der Waals surface area (Å²) in [6.45, 7) is 5.44. The number of benzene rings is 1. The summed E-state index contributed by atoms with van der Waals surface area (Å²) in [5, 5.41) is 4.17. The second kappa shape index (κ2) is 9.72. The van der Waals surface area contributed by atoms with Crippen LogP contribution in [-0.2, 0) is 9.47 Å².